The van der Waals surface area contributed by atoms with Crippen LogP contribution in [0.1, 0.15) is 23.7 Å². The Kier molecular flexibility index (Phi) is 5.56. The highest BCUT2D eigenvalue weighted by atomic mass is 16.5. The van der Waals surface area contributed by atoms with E-state index in [0.29, 0.717) is 24.0 Å². The van der Waals surface area contributed by atoms with E-state index < -0.39 is 0 Å². The summed E-state index contributed by atoms with van der Waals surface area (Å²) >= 11 is 0. The molecule has 1 aliphatic rings. The molecule has 1 saturated heterocycles. The third-order valence-corrected chi connectivity index (χ3v) is 4.40. The van der Waals surface area contributed by atoms with Crippen LogP contribution in [-0.4, -0.2) is 38.8 Å². The first-order valence-corrected chi connectivity index (χ1v) is 8.62. The van der Waals surface area contributed by atoms with Crippen molar-refractivity contribution in [1.82, 2.24) is 0 Å². The average Bonchev–Trinajstić information content (AvgIpc) is 3.12. The number of methoxy groups -OCH3 is 1. The van der Waals surface area contributed by atoms with Gasteiger partial charge < -0.3 is 19.7 Å². The Hall–Kier alpha value is -2.53. The van der Waals surface area contributed by atoms with Crippen LogP contribution in [0.2, 0.25) is 0 Å². The number of para-hydroxylation sites is 1. The molecule has 1 unspecified atom stereocenters. The highest BCUT2D eigenvalue weighted by molar-refractivity contribution is 6.06. The number of rotatable bonds is 6. The molecule has 0 bridgehead atoms. The van der Waals surface area contributed by atoms with Gasteiger partial charge in [-0.3, -0.25) is 4.79 Å². The second kappa shape index (κ2) is 8.03. The van der Waals surface area contributed by atoms with Crippen LogP contribution in [0.25, 0.3) is 0 Å². The summed E-state index contributed by atoms with van der Waals surface area (Å²) in [7, 11) is 1.76. The number of anilines is 2. The molecule has 132 valence electrons. The summed E-state index contributed by atoms with van der Waals surface area (Å²) in [6, 6.07) is 15.2. The fraction of sp³-hybridized carbons (Fsp3) is 0.350. The first-order valence-electron chi connectivity index (χ1n) is 8.62. The number of carbonyl (C=O) groups excluding carboxylic acids is 1. The van der Waals surface area contributed by atoms with Crippen molar-refractivity contribution >= 4 is 17.3 Å². The van der Waals surface area contributed by atoms with E-state index >= 15 is 0 Å². The van der Waals surface area contributed by atoms with Crippen LogP contribution in [0, 0.1) is 0 Å². The zero-order valence-electron chi connectivity index (χ0n) is 14.7. The van der Waals surface area contributed by atoms with Crippen molar-refractivity contribution in [1.29, 1.82) is 0 Å². The van der Waals surface area contributed by atoms with Crippen molar-refractivity contribution in [2.45, 2.75) is 19.4 Å². The molecule has 1 amide bonds. The Labute approximate surface area is 148 Å². The molecule has 1 atom stereocenters. The number of benzene rings is 2. The molecule has 3 rings (SSSR count). The molecule has 25 heavy (non-hydrogen) atoms. The van der Waals surface area contributed by atoms with E-state index in [9.17, 15) is 4.79 Å². The Morgan fingerprint density at radius 2 is 1.96 bits per heavy atom. The molecule has 2 aromatic rings. The van der Waals surface area contributed by atoms with E-state index in [1.807, 2.05) is 43.3 Å². The molecular weight excluding hydrogens is 316 g/mol. The minimum absolute atomic E-state index is 0.169. The lowest BCUT2D eigenvalue weighted by Gasteiger charge is -2.18. The molecule has 0 saturated carbocycles. The number of carbonyl (C=O) groups is 1. The quantitative estimate of drug-likeness (QED) is 0.873. The van der Waals surface area contributed by atoms with Crippen LogP contribution < -0.4 is 15.0 Å². The molecule has 1 aliphatic heterocycles. The van der Waals surface area contributed by atoms with Crippen molar-refractivity contribution in [3.05, 3.63) is 54.1 Å². The van der Waals surface area contributed by atoms with Crippen LogP contribution in [0.3, 0.4) is 0 Å². The summed E-state index contributed by atoms with van der Waals surface area (Å²) in [5.74, 6) is 0.430. The average molecular weight is 340 g/mol. The minimum atomic E-state index is -0.169. The van der Waals surface area contributed by atoms with Crippen molar-refractivity contribution in [3.63, 3.8) is 0 Å². The SMILES string of the molecule is CCOc1ccccc1C(=O)Nc1ccc(N2CCC(OC)C2)cc1. The van der Waals surface area contributed by atoms with Gasteiger partial charge in [-0.05, 0) is 49.7 Å². The Morgan fingerprint density at radius 1 is 1.20 bits per heavy atom. The fourth-order valence-electron chi connectivity index (χ4n) is 3.04. The topological polar surface area (TPSA) is 50.8 Å². The number of nitrogens with one attached hydrogen (secondary N) is 1. The molecular formula is C20H24N2O3. The van der Waals surface area contributed by atoms with Gasteiger partial charge >= 0.3 is 0 Å². The normalized spacial score (nSPS) is 16.7. The van der Waals surface area contributed by atoms with Gasteiger partial charge in [-0.1, -0.05) is 12.1 Å². The van der Waals surface area contributed by atoms with Gasteiger partial charge in [0.15, 0.2) is 0 Å². The fourth-order valence-corrected chi connectivity index (χ4v) is 3.04. The second-order valence-electron chi connectivity index (χ2n) is 6.02. The van der Waals surface area contributed by atoms with E-state index in [1.54, 1.807) is 19.2 Å². The van der Waals surface area contributed by atoms with Crippen molar-refractivity contribution in [2.75, 3.05) is 37.0 Å². The van der Waals surface area contributed by atoms with E-state index in [1.165, 1.54) is 0 Å². The highest BCUT2D eigenvalue weighted by Crippen LogP contribution is 2.24. The number of hydrogen-bond donors (Lipinski definition) is 1. The lowest BCUT2D eigenvalue weighted by molar-refractivity contribution is 0.102. The molecule has 1 fully saturated rings. The van der Waals surface area contributed by atoms with E-state index in [-0.39, 0.29) is 5.91 Å². The maximum Gasteiger partial charge on any atom is 0.259 e. The van der Waals surface area contributed by atoms with Crippen molar-refractivity contribution in [2.24, 2.45) is 0 Å². The summed E-state index contributed by atoms with van der Waals surface area (Å²) in [6.07, 6.45) is 1.35. The summed E-state index contributed by atoms with van der Waals surface area (Å²) in [4.78, 5) is 14.8. The maximum absolute atomic E-state index is 12.5. The molecule has 1 N–H and O–H groups in total. The van der Waals surface area contributed by atoms with Gasteiger partial charge in [-0.25, -0.2) is 0 Å². The Bertz CT molecular complexity index is 715. The minimum Gasteiger partial charge on any atom is -0.493 e. The van der Waals surface area contributed by atoms with Gasteiger partial charge in [0.1, 0.15) is 5.75 Å². The molecule has 5 heteroatoms. The summed E-state index contributed by atoms with van der Waals surface area (Å²) in [5, 5.41) is 2.93. The lowest BCUT2D eigenvalue weighted by Crippen LogP contribution is -2.22. The van der Waals surface area contributed by atoms with Gasteiger partial charge in [0.2, 0.25) is 0 Å². The number of ether oxygens (including phenoxy) is 2. The molecule has 0 radical (unpaired) electrons. The predicted octanol–water partition coefficient (Wildman–Crippen LogP) is 3.56. The summed E-state index contributed by atoms with van der Waals surface area (Å²) in [5.41, 5.74) is 2.45. The van der Waals surface area contributed by atoms with Crippen LogP contribution in [0.4, 0.5) is 11.4 Å². The van der Waals surface area contributed by atoms with E-state index in [2.05, 4.69) is 10.2 Å². The predicted molar refractivity (Wildman–Crippen MR) is 99.6 cm³/mol. The number of nitrogens with zero attached hydrogens (tertiary/aromatic N) is 1. The third-order valence-electron chi connectivity index (χ3n) is 4.40. The first-order chi connectivity index (χ1) is 12.2. The monoisotopic (exact) mass is 340 g/mol. The molecule has 5 nitrogen and oxygen atoms in total. The van der Waals surface area contributed by atoms with Crippen LogP contribution in [0.5, 0.6) is 5.75 Å². The first kappa shape index (κ1) is 17.3. The zero-order valence-corrected chi connectivity index (χ0v) is 14.7. The zero-order chi connectivity index (χ0) is 17.6. The largest absolute Gasteiger partial charge is 0.493 e. The number of amides is 1. The van der Waals surface area contributed by atoms with Crippen molar-refractivity contribution in [3.8, 4) is 5.75 Å². The number of hydrogen-bond acceptors (Lipinski definition) is 4. The Morgan fingerprint density at radius 3 is 2.64 bits per heavy atom. The standard InChI is InChI=1S/C20H24N2O3/c1-3-25-19-7-5-4-6-18(19)20(23)21-15-8-10-16(11-9-15)22-13-12-17(14-22)24-2/h4-11,17H,3,12-14H2,1-2H3,(H,21,23). The van der Waals surface area contributed by atoms with Crippen molar-refractivity contribution < 1.29 is 14.3 Å². The summed E-state index contributed by atoms with van der Waals surface area (Å²) in [6.45, 7) is 4.33. The molecule has 0 aliphatic carbocycles. The van der Waals surface area contributed by atoms with Gasteiger partial charge in [0, 0.05) is 31.6 Å². The summed E-state index contributed by atoms with van der Waals surface area (Å²) < 4.78 is 10.9. The van der Waals surface area contributed by atoms with E-state index in [0.717, 1.165) is 30.9 Å². The molecule has 0 spiro atoms. The van der Waals surface area contributed by atoms with Crippen LogP contribution in [0.15, 0.2) is 48.5 Å². The lowest BCUT2D eigenvalue weighted by atomic mass is 10.1. The molecule has 0 aromatic heterocycles. The van der Waals surface area contributed by atoms with Gasteiger partial charge in [-0.15, -0.1) is 0 Å². The van der Waals surface area contributed by atoms with Gasteiger partial charge in [0.25, 0.3) is 5.91 Å². The molecule has 1 heterocycles. The maximum atomic E-state index is 12.5. The Balaban J connectivity index is 1.66. The van der Waals surface area contributed by atoms with Crippen LogP contribution in [-0.2, 0) is 4.74 Å². The highest BCUT2D eigenvalue weighted by Gasteiger charge is 2.22. The van der Waals surface area contributed by atoms with Crippen LogP contribution >= 0.6 is 0 Å². The second-order valence-corrected chi connectivity index (χ2v) is 6.02. The third kappa shape index (κ3) is 4.12. The van der Waals surface area contributed by atoms with Gasteiger partial charge in [-0.2, -0.15) is 0 Å². The molecule has 2 aromatic carbocycles. The van der Waals surface area contributed by atoms with Gasteiger partial charge in [0.05, 0.1) is 18.3 Å². The van der Waals surface area contributed by atoms with E-state index in [4.69, 9.17) is 9.47 Å². The smallest absolute Gasteiger partial charge is 0.259 e.